The molecule has 0 saturated heterocycles. The van der Waals surface area contributed by atoms with E-state index < -0.39 is 0 Å². The van der Waals surface area contributed by atoms with Gasteiger partial charge < -0.3 is 10.2 Å². The van der Waals surface area contributed by atoms with Crippen molar-refractivity contribution < 1.29 is 10.1 Å². The number of carbonyl (C=O) groups is 1. The maximum absolute atomic E-state index is 12.6. The Morgan fingerprint density at radius 2 is 1.74 bits per heavy atom. The fraction of sp³-hybridized carbons (Fsp3) is 0.278. The average Bonchev–Trinajstić information content (AvgIpc) is 2.54. The summed E-state index contributed by atoms with van der Waals surface area (Å²) < 4.78 is 0. The molecule has 1 amide bonds. The number of carbonyl (C=O) groups excluding carboxylic acids is 1. The number of halogens is 2. The predicted molar refractivity (Wildman–Crippen MR) is 96.1 cm³/mol. The van der Waals surface area contributed by atoms with Crippen molar-refractivity contribution >= 4 is 34.8 Å². The fourth-order valence-electron chi connectivity index (χ4n) is 2.57. The van der Waals surface area contributed by atoms with Crippen LogP contribution in [0.2, 0.25) is 10.0 Å². The summed E-state index contributed by atoms with van der Waals surface area (Å²) in [6.45, 7) is 3.93. The lowest BCUT2D eigenvalue weighted by molar-refractivity contribution is -0.710. The van der Waals surface area contributed by atoms with Gasteiger partial charge in [0.05, 0.1) is 5.02 Å². The minimum absolute atomic E-state index is 0.0492. The Balaban J connectivity index is 2.05. The molecule has 122 valence electrons. The number of nitrogens with two attached hydrogens (primary N) is 1. The Hall–Kier alpha value is -1.55. The van der Waals surface area contributed by atoms with Crippen LogP contribution < -0.4 is 10.2 Å². The van der Waals surface area contributed by atoms with Crippen molar-refractivity contribution in [1.82, 2.24) is 0 Å². The van der Waals surface area contributed by atoms with Crippen LogP contribution in [0.5, 0.6) is 0 Å². The Bertz CT molecular complexity index is 676. The Morgan fingerprint density at radius 3 is 2.35 bits per heavy atom. The SMILES string of the molecule is C[C@@H]([NH2+][C@H](C)c1ccc(Cl)cc1Cl)C(=O)N(C)c1ccccc1. The molecule has 2 aromatic rings. The smallest absolute Gasteiger partial charge is 0.284 e. The van der Waals surface area contributed by atoms with Gasteiger partial charge in [-0.3, -0.25) is 4.79 Å². The first kappa shape index (κ1) is 17.8. The van der Waals surface area contributed by atoms with Gasteiger partial charge in [-0.15, -0.1) is 0 Å². The number of amides is 1. The van der Waals surface area contributed by atoms with E-state index in [9.17, 15) is 4.79 Å². The molecule has 0 aromatic heterocycles. The third-order valence-corrected chi connectivity index (χ3v) is 4.46. The Labute approximate surface area is 147 Å². The standard InChI is InChI=1S/C18H20Cl2N2O/c1-12(16-10-9-14(19)11-17(16)20)21-13(2)18(23)22(3)15-7-5-4-6-8-15/h4-13,21H,1-3H3/p+1/t12-,13-/m1/s1. The van der Waals surface area contributed by atoms with Crippen molar-refractivity contribution in [2.45, 2.75) is 25.9 Å². The van der Waals surface area contributed by atoms with E-state index in [2.05, 4.69) is 0 Å². The van der Waals surface area contributed by atoms with Crippen LogP contribution in [0.4, 0.5) is 5.69 Å². The molecule has 0 spiro atoms. The summed E-state index contributed by atoms with van der Waals surface area (Å²) in [7, 11) is 1.79. The molecule has 0 aliphatic heterocycles. The molecule has 23 heavy (non-hydrogen) atoms. The second-order valence-electron chi connectivity index (χ2n) is 5.67. The quantitative estimate of drug-likeness (QED) is 0.876. The van der Waals surface area contributed by atoms with Gasteiger partial charge in [-0.1, -0.05) is 47.5 Å². The van der Waals surface area contributed by atoms with Gasteiger partial charge in [-0.2, -0.15) is 0 Å². The number of quaternary nitrogens is 1. The molecule has 2 rings (SSSR count). The number of para-hydroxylation sites is 1. The number of hydrogen-bond acceptors (Lipinski definition) is 1. The molecule has 0 bridgehead atoms. The lowest BCUT2D eigenvalue weighted by Crippen LogP contribution is -2.92. The maximum Gasteiger partial charge on any atom is 0.284 e. The summed E-state index contributed by atoms with van der Waals surface area (Å²) in [5.41, 5.74) is 1.85. The maximum atomic E-state index is 12.6. The summed E-state index contributed by atoms with van der Waals surface area (Å²) in [5.74, 6) is 0.0492. The van der Waals surface area contributed by atoms with Crippen molar-refractivity contribution in [2.24, 2.45) is 0 Å². The van der Waals surface area contributed by atoms with Gasteiger partial charge in [0.25, 0.3) is 5.91 Å². The van der Waals surface area contributed by atoms with Crippen molar-refractivity contribution in [3.63, 3.8) is 0 Å². The molecule has 2 aromatic carbocycles. The molecule has 0 heterocycles. The van der Waals surface area contributed by atoms with E-state index in [0.717, 1.165) is 11.3 Å². The minimum Gasteiger partial charge on any atom is -0.330 e. The number of nitrogens with zero attached hydrogens (tertiary/aromatic N) is 1. The fourth-order valence-corrected chi connectivity index (χ4v) is 3.15. The van der Waals surface area contributed by atoms with Crippen molar-refractivity contribution in [2.75, 3.05) is 11.9 Å². The zero-order chi connectivity index (χ0) is 17.0. The average molecular weight is 352 g/mol. The topological polar surface area (TPSA) is 36.9 Å². The van der Waals surface area contributed by atoms with Gasteiger partial charge in [0, 0.05) is 23.3 Å². The lowest BCUT2D eigenvalue weighted by Gasteiger charge is -2.23. The second kappa shape index (κ2) is 7.82. The largest absolute Gasteiger partial charge is 0.330 e. The first-order valence-corrected chi connectivity index (χ1v) is 8.28. The van der Waals surface area contributed by atoms with Crippen LogP contribution in [0, 0.1) is 0 Å². The van der Waals surface area contributed by atoms with E-state index in [1.54, 1.807) is 18.0 Å². The van der Waals surface area contributed by atoms with Gasteiger partial charge in [0.2, 0.25) is 0 Å². The van der Waals surface area contributed by atoms with Crippen LogP contribution in [0.15, 0.2) is 48.5 Å². The van der Waals surface area contributed by atoms with Gasteiger partial charge in [0.1, 0.15) is 6.04 Å². The monoisotopic (exact) mass is 351 g/mol. The highest BCUT2D eigenvalue weighted by Gasteiger charge is 2.25. The number of anilines is 1. The van der Waals surface area contributed by atoms with E-state index in [-0.39, 0.29) is 18.0 Å². The first-order chi connectivity index (χ1) is 10.9. The minimum atomic E-state index is -0.220. The highest BCUT2D eigenvalue weighted by molar-refractivity contribution is 6.35. The molecule has 3 nitrogen and oxygen atoms in total. The zero-order valence-electron chi connectivity index (χ0n) is 13.5. The summed E-state index contributed by atoms with van der Waals surface area (Å²) in [5, 5.41) is 3.24. The van der Waals surface area contributed by atoms with Crippen molar-refractivity contribution in [1.29, 1.82) is 0 Å². The Morgan fingerprint density at radius 1 is 1.09 bits per heavy atom. The highest BCUT2D eigenvalue weighted by atomic mass is 35.5. The van der Waals surface area contributed by atoms with Crippen LogP contribution in [0.3, 0.4) is 0 Å². The van der Waals surface area contributed by atoms with Crippen molar-refractivity contribution in [3.8, 4) is 0 Å². The van der Waals surface area contributed by atoms with E-state index in [4.69, 9.17) is 23.2 Å². The van der Waals surface area contributed by atoms with Gasteiger partial charge in [0.15, 0.2) is 6.04 Å². The Kier molecular flexibility index (Phi) is 6.05. The van der Waals surface area contributed by atoms with Crippen molar-refractivity contribution in [3.05, 3.63) is 64.1 Å². The van der Waals surface area contributed by atoms with Gasteiger partial charge in [-0.05, 0) is 38.1 Å². The molecule has 0 saturated carbocycles. The number of likely N-dealkylation sites (N-methyl/N-ethyl adjacent to an activating group) is 1. The third-order valence-electron chi connectivity index (χ3n) is 3.89. The summed E-state index contributed by atoms with van der Waals surface area (Å²) >= 11 is 12.2. The van der Waals surface area contributed by atoms with E-state index >= 15 is 0 Å². The normalized spacial score (nSPS) is 13.4. The molecule has 2 N–H and O–H groups in total. The van der Waals surface area contributed by atoms with Crippen LogP contribution >= 0.6 is 23.2 Å². The molecule has 0 aliphatic rings. The number of rotatable bonds is 5. The van der Waals surface area contributed by atoms with E-state index in [1.165, 1.54) is 0 Å². The molecule has 0 unspecified atom stereocenters. The van der Waals surface area contributed by atoms with Gasteiger partial charge >= 0.3 is 0 Å². The first-order valence-electron chi connectivity index (χ1n) is 7.52. The molecular weight excluding hydrogens is 331 g/mol. The van der Waals surface area contributed by atoms with Gasteiger partial charge in [-0.25, -0.2) is 0 Å². The summed E-state index contributed by atoms with van der Waals surface area (Å²) in [6.07, 6.45) is 0. The van der Waals surface area contributed by atoms with Crippen LogP contribution in [0.1, 0.15) is 25.5 Å². The molecule has 0 aliphatic carbocycles. The molecule has 0 fully saturated rings. The molecule has 5 heteroatoms. The highest BCUT2D eigenvalue weighted by Crippen LogP contribution is 2.24. The summed E-state index contributed by atoms with van der Waals surface area (Å²) in [4.78, 5) is 14.3. The second-order valence-corrected chi connectivity index (χ2v) is 6.51. The number of hydrogen-bond donors (Lipinski definition) is 1. The van der Waals surface area contributed by atoms with Crippen LogP contribution in [-0.2, 0) is 4.79 Å². The lowest BCUT2D eigenvalue weighted by atomic mass is 10.1. The summed E-state index contributed by atoms with van der Waals surface area (Å²) in [6, 6.07) is 14.9. The molecule has 0 radical (unpaired) electrons. The number of benzene rings is 2. The van der Waals surface area contributed by atoms with Crippen LogP contribution in [-0.4, -0.2) is 19.0 Å². The molecule has 2 atom stereocenters. The molecular formula is C18H21Cl2N2O+. The van der Waals surface area contributed by atoms with Crippen LogP contribution in [0.25, 0.3) is 0 Å². The van der Waals surface area contributed by atoms with E-state index in [1.807, 2.05) is 61.6 Å². The predicted octanol–water partition coefficient (Wildman–Crippen LogP) is 3.67. The third kappa shape index (κ3) is 4.47. The zero-order valence-corrected chi connectivity index (χ0v) is 15.0. The van der Waals surface area contributed by atoms with E-state index in [0.29, 0.717) is 10.0 Å².